The molecule has 2 saturated heterocycles. The second-order valence-corrected chi connectivity index (χ2v) is 7.80. The minimum Gasteiger partial charge on any atom is -0.465 e. The SMILES string of the molecule is COC(=O)c1cncc(C(=O)N2[C@@H]3CC[C@H]2[C@](CO)(Cc2ccccc2)C3)c1. The maximum Gasteiger partial charge on any atom is 0.339 e. The van der Waals surface area contributed by atoms with Crippen LogP contribution in [-0.4, -0.2) is 52.7 Å². The Kier molecular flexibility index (Phi) is 4.89. The van der Waals surface area contributed by atoms with E-state index in [2.05, 4.69) is 17.1 Å². The number of nitrogens with zero attached hydrogens (tertiary/aromatic N) is 2. The number of hydrogen-bond donors (Lipinski definition) is 1. The predicted molar refractivity (Wildman–Crippen MR) is 103 cm³/mol. The molecule has 3 atom stereocenters. The van der Waals surface area contributed by atoms with E-state index >= 15 is 0 Å². The molecule has 6 heteroatoms. The highest BCUT2D eigenvalue weighted by molar-refractivity contribution is 5.98. The van der Waals surface area contributed by atoms with Crippen LogP contribution in [0.2, 0.25) is 0 Å². The predicted octanol–water partition coefficient (Wildman–Crippen LogP) is 2.47. The standard InChI is InChI=1S/C22H24N2O4/c1-28-21(27)17-9-16(12-23-13-17)20(26)24-18-7-8-19(24)22(11-18,14-25)10-15-5-3-2-4-6-15/h2-6,9,12-13,18-19,25H,7-8,10-11,14H2,1H3/t18-,19+,22-/m1/s1. The fourth-order valence-electron chi connectivity index (χ4n) is 4.95. The molecule has 0 radical (unpaired) electrons. The molecule has 1 N–H and O–H groups in total. The van der Waals surface area contributed by atoms with E-state index in [0.29, 0.717) is 5.56 Å². The molecule has 3 heterocycles. The first-order chi connectivity index (χ1) is 13.6. The van der Waals surface area contributed by atoms with Crippen LogP contribution in [-0.2, 0) is 11.2 Å². The monoisotopic (exact) mass is 380 g/mol. The van der Waals surface area contributed by atoms with Crippen LogP contribution < -0.4 is 0 Å². The van der Waals surface area contributed by atoms with Crippen molar-refractivity contribution in [3.05, 3.63) is 65.5 Å². The Morgan fingerprint density at radius 2 is 1.96 bits per heavy atom. The molecule has 0 spiro atoms. The molecule has 0 saturated carbocycles. The molecule has 28 heavy (non-hydrogen) atoms. The number of pyridine rings is 1. The Bertz CT molecular complexity index is 885. The lowest BCUT2D eigenvalue weighted by Crippen LogP contribution is -2.44. The van der Waals surface area contributed by atoms with Gasteiger partial charge in [-0.05, 0) is 37.3 Å². The molecular formula is C22H24N2O4. The minimum atomic E-state index is -0.514. The van der Waals surface area contributed by atoms with Gasteiger partial charge >= 0.3 is 5.97 Å². The number of hydrogen-bond acceptors (Lipinski definition) is 5. The highest BCUT2D eigenvalue weighted by atomic mass is 16.5. The average molecular weight is 380 g/mol. The number of fused-ring (bicyclic) bond motifs is 2. The van der Waals surface area contributed by atoms with Crippen molar-refractivity contribution in [3.8, 4) is 0 Å². The zero-order valence-electron chi connectivity index (χ0n) is 15.9. The van der Waals surface area contributed by atoms with Crippen molar-refractivity contribution in [1.29, 1.82) is 0 Å². The molecule has 2 aliphatic heterocycles. The minimum absolute atomic E-state index is 0.0167. The van der Waals surface area contributed by atoms with Gasteiger partial charge in [-0.25, -0.2) is 4.79 Å². The smallest absolute Gasteiger partial charge is 0.339 e. The lowest BCUT2D eigenvalue weighted by atomic mass is 9.70. The van der Waals surface area contributed by atoms with Crippen molar-refractivity contribution in [2.24, 2.45) is 5.41 Å². The van der Waals surface area contributed by atoms with E-state index in [1.807, 2.05) is 23.1 Å². The van der Waals surface area contributed by atoms with Crippen LogP contribution in [0.25, 0.3) is 0 Å². The topological polar surface area (TPSA) is 79.7 Å². The van der Waals surface area contributed by atoms with Crippen LogP contribution in [0, 0.1) is 5.41 Å². The summed E-state index contributed by atoms with van der Waals surface area (Å²) < 4.78 is 4.73. The Hall–Kier alpha value is -2.73. The Morgan fingerprint density at radius 1 is 1.21 bits per heavy atom. The molecule has 146 valence electrons. The van der Waals surface area contributed by atoms with Gasteiger partial charge in [-0.15, -0.1) is 0 Å². The first-order valence-corrected chi connectivity index (χ1v) is 9.59. The second-order valence-electron chi connectivity index (χ2n) is 7.80. The summed E-state index contributed by atoms with van der Waals surface area (Å²) in [6.45, 7) is 0.0489. The van der Waals surface area contributed by atoms with Crippen molar-refractivity contribution in [1.82, 2.24) is 9.88 Å². The number of carbonyl (C=O) groups is 2. The van der Waals surface area contributed by atoms with E-state index in [1.54, 1.807) is 0 Å². The van der Waals surface area contributed by atoms with E-state index in [-0.39, 0.29) is 35.6 Å². The summed E-state index contributed by atoms with van der Waals surface area (Å²) in [6, 6.07) is 11.7. The summed E-state index contributed by atoms with van der Waals surface area (Å²) in [4.78, 5) is 31.0. The Morgan fingerprint density at radius 3 is 2.68 bits per heavy atom. The van der Waals surface area contributed by atoms with Crippen LogP contribution in [0.1, 0.15) is 45.5 Å². The number of rotatable bonds is 5. The molecule has 1 aromatic heterocycles. The van der Waals surface area contributed by atoms with Gasteiger partial charge in [0.25, 0.3) is 5.91 Å². The molecule has 1 amide bonds. The molecule has 1 aromatic carbocycles. The van der Waals surface area contributed by atoms with Crippen LogP contribution in [0.15, 0.2) is 48.8 Å². The highest BCUT2D eigenvalue weighted by Crippen LogP contribution is 2.51. The largest absolute Gasteiger partial charge is 0.465 e. The summed E-state index contributed by atoms with van der Waals surface area (Å²) in [5.41, 5.74) is 1.49. The fourth-order valence-corrected chi connectivity index (χ4v) is 4.95. The molecular weight excluding hydrogens is 356 g/mol. The molecule has 2 aliphatic rings. The first kappa shape index (κ1) is 18.6. The van der Waals surface area contributed by atoms with Crippen molar-refractivity contribution in [2.75, 3.05) is 13.7 Å². The lowest BCUT2D eigenvalue weighted by Gasteiger charge is -2.36. The van der Waals surface area contributed by atoms with E-state index < -0.39 is 5.97 Å². The van der Waals surface area contributed by atoms with Gasteiger partial charge in [0.1, 0.15) is 0 Å². The molecule has 6 nitrogen and oxygen atoms in total. The summed E-state index contributed by atoms with van der Waals surface area (Å²) in [5, 5.41) is 10.3. The molecule has 0 aliphatic carbocycles. The van der Waals surface area contributed by atoms with E-state index in [9.17, 15) is 14.7 Å². The third-order valence-electron chi connectivity index (χ3n) is 6.21. The third-order valence-corrected chi connectivity index (χ3v) is 6.21. The van der Waals surface area contributed by atoms with Crippen molar-refractivity contribution in [3.63, 3.8) is 0 Å². The zero-order chi connectivity index (χ0) is 19.7. The normalized spacial score (nSPS) is 25.7. The fraction of sp³-hybridized carbons (Fsp3) is 0.409. The number of methoxy groups -OCH3 is 1. The van der Waals surface area contributed by atoms with Crippen molar-refractivity contribution >= 4 is 11.9 Å². The number of ether oxygens (including phenoxy) is 1. The number of aliphatic hydroxyl groups is 1. The van der Waals surface area contributed by atoms with Gasteiger partial charge in [0.05, 0.1) is 24.8 Å². The van der Waals surface area contributed by atoms with Gasteiger partial charge in [-0.3, -0.25) is 9.78 Å². The zero-order valence-corrected chi connectivity index (χ0v) is 15.9. The maximum absolute atomic E-state index is 13.3. The van der Waals surface area contributed by atoms with Gasteiger partial charge in [-0.2, -0.15) is 0 Å². The number of benzene rings is 1. The number of aliphatic hydroxyl groups excluding tert-OH is 1. The number of amides is 1. The summed E-state index contributed by atoms with van der Waals surface area (Å²) in [6.07, 6.45) is 6.25. The number of aromatic nitrogens is 1. The Labute approximate surface area is 164 Å². The molecule has 4 rings (SSSR count). The van der Waals surface area contributed by atoms with Crippen molar-refractivity contribution < 1.29 is 19.4 Å². The van der Waals surface area contributed by atoms with Crippen LogP contribution in [0.4, 0.5) is 0 Å². The third kappa shape index (κ3) is 3.07. The second kappa shape index (κ2) is 7.36. The van der Waals surface area contributed by atoms with E-state index in [0.717, 1.165) is 25.7 Å². The highest BCUT2D eigenvalue weighted by Gasteiger charge is 2.57. The van der Waals surface area contributed by atoms with Gasteiger partial charge < -0.3 is 14.7 Å². The maximum atomic E-state index is 13.3. The first-order valence-electron chi connectivity index (χ1n) is 9.59. The van der Waals surface area contributed by atoms with Gasteiger partial charge in [0, 0.05) is 29.9 Å². The summed E-state index contributed by atoms with van der Waals surface area (Å²) in [5.74, 6) is -0.644. The number of carbonyl (C=O) groups excluding carboxylic acids is 2. The van der Waals surface area contributed by atoms with E-state index in [1.165, 1.54) is 31.1 Å². The Balaban J connectivity index is 1.61. The van der Waals surface area contributed by atoms with Crippen LogP contribution in [0.5, 0.6) is 0 Å². The molecule has 0 unspecified atom stereocenters. The quantitative estimate of drug-likeness (QED) is 0.806. The lowest BCUT2D eigenvalue weighted by molar-refractivity contribution is 0.0571. The summed E-state index contributed by atoms with van der Waals surface area (Å²) in [7, 11) is 1.30. The average Bonchev–Trinajstić information content (AvgIpc) is 3.29. The van der Waals surface area contributed by atoms with Crippen LogP contribution >= 0.6 is 0 Å². The van der Waals surface area contributed by atoms with E-state index in [4.69, 9.17) is 4.74 Å². The van der Waals surface area contributed by atoms with Gasteiger partial charge in [-0.1, -0.05) is 30.3 Å². The van der Waals surface area contributed by atoms with Crippen molar-refractivity contribution in [2.45, 2.75) is 37.8 Å². The summed E-state index contributed by atoms with van der Waals surface area (Å²) >= 11 is 0. The van der Waals surface area contributed by atoms with Crippen LogP contribution in [0.3, 0.4) is 0 Å². The molecule has 2 bridgehead atoms. The molecule has 2 aromatic rings. The van der Waals surface area contributed by atoms with Gasteiger partial charge in [0.2, 0.25) is 0 Å². The number of esters is 1. The van der Waals surface area contributed by atoms with Gasteiger partial charge in [0.15, 0.2) is 0 Å². The molecule has 2 fully saturated rings.